The molecule has 1 fully saturated rings. The van der Waals surface area contributed by atoms with Gasteiger partial charge in [0.05, 0.1) is 41.3 Å². The summed E-state index contributed by atoms with van der Waals surface area (Å²) in [6.07, 6.45) is 3.30. The number of nitrogens with one attached hydrogen (secondary N) is 2. The molecule has 2 N–H and O–H groups in total. The molecule has 0 spiro atoms. The highest BCUT2D eigenvalue weighted by molar-refractivity contribution is 7.22. The van der Waals surface area contributed by atoms with Gasteiger partial charge in [0.25, 0.3) is 5.91 Å². The van der Waals surface area contributed by atoms with Gasteiger partial charge in [0.15, 0.2) is 5.13 Å². The number of pyridine rings is 2. The largest absolute Gasteiger partial charge is 0.494 e. The second kappa shape index (κ2) is 9.63. The number of aryl methyl sites for hydroxylation is 1. The molecule has 1 aromatic carbocycles. The lowest BCUT2D eigenvalue weighted by atomic mass is 9.99. The number of carbonyl (C=O) groups is 1. The molecule has 0 radical (unpaired) electrons. The number of rotatable bonds is 5. The summed E-state index contributed by atoms with van der Waals surface area (Å²) in [4.78, 5) is 26.4. The zero-order valence-corrected chi connectivity index (χ0v) is 20.2. The number of hydrogen-bond donors (Lipinski definition) is 2. The first-order valence-corrected chi connectivity index (χ1v) is 11.9. The van der Waals surface area contributed by atoms with E-state index in [-0.39, 0.29) is 16.8 Å². The van der Waals surface area contributed by atoms with Crippen LogP contribution in [-0.2, 0) is 4.74 Å². The fourth-order valence-electron chi connectivity index (χ4n) is 4.04. The Hall–Kier alpha value is -3.11. The number of nitrogens with zero attached hydrogens (tertiary/aromatic N) is 3. The summed E-state index contributed by atoms with van der Waals surface area (Å²) in [5, 5.41) is 6.80. The lowest BCUT2D eigenvalue weighted by molar-refractivity contribution is 0.0278. The highest BCUT2D eigenvalue weighted by Gasteiger charge is 2.25. The first-order chi connectivity index (χ1) is 16.5. The number of anilines is 1. The first-order valence-electron chi connectivity index (χ1n) is 10.7. The predicted molar refractivity (Wildman–Crippen MR) is 133 cm³/mol. The third-order valence-corrected chi connectivity index (χ3v) is 6.82. The number of hydrogen-bond acceptors (Lipinski definition) is 8. The maximum Gasteiger partial charge on any atom is 0.261 e. The molecular formula is C24H22ClN5O3S. The van der Waals surface area contributed by atoms with Crippen LogP contribution in [0.2, 0.25) is 5.15 Å². The van der Waals surface area contributed by atoms with Gasteiger partial charge in [-0.05, 0) is 42.3 Å². The van der Waals surface area contributed by atoms with Crippen molar-refractivity contribution in [3.05, 3.63) is 64.7 Å². The summed E-state index contributed by atoms with van der Waals surface area (Å²) >= 11 is 7.88. The van der Waals surface area contributed by atoms with Crippen LogP contribution in [0, 0.1) is 6.92 Å². The van der Waals surface area contributed by atoms with Crippen LogP contribution in [0.5, 0.6) is 5.75 Å². The highest BCUT2D eigenvalue weighted by Crippen LogP contribution is 2.39. The fraction of sp³-hybridized carbons (Fsp3) is 0.250. The Morgan fingerprint density at radius 3 is 2.82 bits per heavy atom. The molecule has 5 rings (SSSR count). The summed E-state index contributed by atoms with van der Waals surface area (Å²) in [6.45, 7) is 4.10. The molecule has 0 aliphatic carbocycles. The third kappa shape index (κ3) is 4.35. The molecule has 1 aliphatic rings. The van der Waals surface area contributed by atoms with E-state index in [1.54, 1.807) is 38.6 Å². The Labute approximate surface area is 205 Å². The van der Waals surface area contributed by atoms with Gasteiger partial charge >= 0.3 is 0 Å². The number of amides is 1. The summed E-state index contributed by atoms with van der Waals surface area (Å²) in [6, 6.07) is 9.61. The molecule has 1 unspecified atom stereocenters. The van der Waals surface area contributed by atoms with Crippen LogP contribution < -0.4 is 15.4 Å². The standard InChI is InChI=1S/C24H22ClN5O3S/c1-13-21(32-2)19(14-5-7-26-8-6-14)20(22(25)28-13)23(31)30-24-29-16-4-3-15(11-18(16)34-24)17-12-27-9-10-33-17/h3-8,11,17,27H,9-10,12H2,1-2H3,(H,29,30,31). The SMILES string of the molecule is COc1c(C)nc(Cl)c(C(=O)Nc2nc3ccc(C4CNCCO4)cc3s2)c1-c1ccncc1. The van der Waals surface area contributed by atoms with Crippen LogP contribution in [0.1, 0.15) is 27.7 Å². The molecule has 1 saturated heterocycles. The van der Waals surface area contributed by atoms with Crippen molar-refractivity contribution in [3.8, 4) is 16.9 Å². The third-order valence-electron chi connectivity index (χ3n) is 5.61. The van der Waals surface area contributed by atoms with Crippen molar-refractivity contribution >= 4 is 44.2 Å². The lowest BCUT2D eigenvalue weighted by Crippen LogP contribution is -2.33. The summed E-state index contributed by atoms with van der Waals surface area (Å²) < 4.78 is 12.4. The molecule has 1 aliphatic heterocycles. The van der Waals surface area contributed by atoms with E-state index in [0.29, 0.717) is 28.7 Å². The number of ether oxygens (including phenoxy) is 2. The number of morpholine rings is 1. The maximum atomic E-state index is 13.4. The predicted octanol–water partition coefficient (Wildman–Crippen LogP) is 4.64. The van der Waals surface area contributed by atoms with Crippen molar-refractivity contribution in [2.24, 2.45) is 0 Å². The Kier molecular flexibility index (Phi) is 6.42. The van der Waals surface area contributed by atoms with Gasteiger partial charge in [-0.1, -0.05) is 29.0 Å². The number of carbonyl (C=O) groups excluding carboxylic acids is 1. The molecule has 4 heterocycles. The summed E-state index contributed by atoms with van der Waals surface area (Å²) in [5.74, 6) is 0.0671. The smallest absolute Gasteiger partial charge is 0.261 e. The number of methoxy groups -OCH3 is 1. The first kappa shape index (κ1) is 22.7. The van der Waals surface area contributed by atoms with Gasteiger partial charge in [-0.3, -0.25) is 15.1 Å². The Morgan fingerprint density at radius 1 is 1.26 bits per heavy atom. The number of fused-ring (bicyclic) bond motifs is 1. The van der Waals surface area contributed by atoms with Crippen LogP contribution in [0.15, 0.2) is 42.7 Å². The second-order valence-electron chi connectivity index (χ2n) is 7.77. The maximum absolute atomic E-state index is 13.4. The molecule has 8 nitrogen and oxygen atoms in total. The molecule has 3 aromatic heterocycles. The average Bonchev–Trinajstić information content (AvgIpc) is 3.26. The van der Waals surface area contributed by atoms with E-state index >= 15 is 0 Å². The Bertz CT molecular complexity index is 1360. The lowest BCUT2D eigenvalue weighted by Gasteiger charge is -2.23. The highest BCUT2D eigenvalue weighted by atomic mass is 35.5. The van der Waals surface area contributed by atoms with Crippen molar-refractivity contribution in [2.45, 2.75) is 13.0 Å². The van der Waals surface area contributed by atoms with Crippen LogP contribution in [0.4, 0.5) is 5.13 Å². The molecule has 1 atom stereocenters. The van der Waals surface area contributed by atoms with Gasteiger partial charge in [0.2, 0.25) is 0 Å². The van der Waals surface area contributed by atoms with Crippen LogP contribution in [-0.4, -0.2) is 47.7 Å². The Morgan fingerprint density at radius 2 is 2.09 bits per heavy atom. The van der Waals surface area contributed by atoms with Crippen molar-refractivity contribution in [1.82, 2.24) is 20.3 Å². The van der Waals surface area contributed by atoms with Gasteiger partial charge in [0.1, 0.15) is 10.9 Å². The molecule has 0 saturated carbocycles. The zero-order valence-electron chi connectivity index (χ0n) is 18.6. The normalized spacial score (nSPS) is 15.9. The van der Waals surface area contributed by atoms with Crippen LogP contribution >= 0.6 is 22.9 Å². The van der Waals surface area contributed by atoms with E-state index in [9.17, 15) is 4.79 Å². The monoisotopic (exact) mass is 495 g/mol. The molecular weight excluding hydrogens is 474 g/mol. The number of thiazole rings is 1. The van der Waals surface area contributed by atoms with Crippen LogP contribution in [0.3, 0.4) is 0 Å². The van der Waals surface area contributed by atoms with Gasteiger partial charge in [-0.15, -0.1) is 0 Å². The second-order valence-corrected chi connectivity index (χ2v) is 9.16. The van der Waals surface area contributed by atoms with Gasteiger partial charge in [-0.2, -0.15) is 0 Å². The van der Waals surface area contributed by atoms with E-state index in [1.807, 2.05) is 12.1 Å². The van der Waals surface area contributed by atoms with Crippen molar-refractivity contribution in [2.75, 3.05) is 32.1 Å². The van der Waals surface area contributed by atoms with Crippen molar-refractivity contribution < 1.29 is 14.3 Å². The minimum atomic E-state index is -0.415. The zero-order chi connectivity index (χ0) is 23.7. The van der Waals surface area contributed by atoms with Gasteiger partial charge in [0, 0.05) is 31.0 Å². The van der Waals surface area contributed by atoms with E-state index < -0.39 is 5.91 Å². The van der Waals surface area contributed by atoms with Crippen LogP contribution in [0.25, 0.3) is 21.3 Å². The number of halogens is 1. The van der Waals surface area contributed by atoms with Gasteiger partial charge < -0.3 is 14.8 Å². The van der Waals surface area contributed by atoms with E-state index in [1.165, 1.54) is 11.3 Å². The van der Waals surface area contributed by atoms with E-state index in [4.69, 9.17) is 21.1 Å². The molecule has 1 amide bonds. The number of benzene rings is 1. The van der Waals surface area contributed by atoms with Crippen molar-refractivity contribution in [1.29, 1.82) is 0 Å². The summed E-state index contributed by atoms with van der Waals surface area (Å²) in [7, 11) is 1.54. The minimum absolute atomic E-state index is 0.00566. The number of aromatic nitrogens is 3. The van der Waals surface area contributed by atoms with Gasteiger partial charge in [-0.25, -0.2) is 9.97 Å². The summed E-state index contributed by atoms with van der Waals surface area (Å²) in [5.41, 5.74) is 3.99. The van der Waals surface area contributed by atoms with Crippen molar-refractivity contribution in [3.63, 3.8) is 0 Å². The average molecular weight is 496 g/mol. The van der Waals surface area contributed by atoms with E-state index in [0.717, 1.165) is 34.4 Å². The van der Waals surface area contributed by atoms with E-state index in [2.05, 4.69) is 31.7 Å². The molecule has 174 valence electrons. The topological polar surface area (TPSA) is 98.3 Å². The molecule has 4 aromatic rings. The molecule has 34 heavy (non-hydrogen) atoms. The quantitative estimate of drug-likeness (QED) is 0.389. The Balaban J connectivity index is 1.50. The minimum Gasteiger partial charge on any atom is -0.494 e. The molecule has 10 heteroatoms. The molecule has 0 bridgehead atoms. The fourth-order valence-corrected chi connectivity index (χ4v) is 5.25.